The Morgan fingerprint density at radius 2 is 2.31 bits per heavy atom. The first-order valence-corrected chi connectivity index (χ1v) is 5.71. The van der Waals surface area contributed by atoms with Crippen LogP contribution in [0.25, 0.3) is 0 Å². The third kappa shape index (κ3) is 3.27. The molecule has 13 heavy (non-hydrogen) atoms. The highest BCUT2D eigenvalue weighted by Gasteiger charge is 2.25. The van der Waals surface area contributed by atoms with Crippen LogP contribution in [0.2, 0.25) is 0 Å². The summed E-state index contributed by atoms with van der Waals surface area (Å²) in [5.41, 5.74) is 0. The normalized spacial score (nSPS) is 23.7. The predicted octanol–water partition coefficient (Wildman–Crippen LogP) is 1.14. The summed E-state index contributed by atoms with van der Waals surface area (Å²) in [5, 5.41) is 8.60. The first-order chi connectivity index (χ1) is 6.25. The van der Waals surface area contributed by atoms with Crippen molar-refractivity contribution in [3.63, 3.8) is 0 Å². The molecule has 4 heteroatoms. The molecule has 1 aliphatic rings. The maximum Gasteiger partial charge on any atom is 0.236 e. The number of halogens is 1. The smallest absolute Gasteiger partial charge is 0.236 e. The summed E-state index contributed by atoms with van der Waals surface area (Å²) >= 11 is 3.36. The van der Waals surface area contributed by atoms with Gasteiger partial charge in [-0.3, -0.25) is 4.79 Å². The average Bonchev–Trinajstić information content (AvgIpc) is 2.13. The highest BCUT2D eigenvalue weighted by molar-refractivity contribution is 9.10. The molecule has 1 heterocycles. The van der Waals surface area contributed by atoms with Crippen LogP contribution in [0.3, 0.4) is 0 Å². The van der Waals surface area contributed by atoms with Crippen LogP contribution in [0.4, 0.5) is 0 Å². The molecule has 0 radical (unpaired) electrons. The number of likely N-dealkylation sites (tertiary alicyclic amines) is 1. The van der Waals surface area contributed by atoms with Crippen LogP contribution in [0.5, 0.6) is 0 Å². The summed E-state index contributed by atoms with van der Waals surface area (Å²) < 4.78 is 0. The van der Waals surface area contributed by atoms with E-state index in [9.17, 15) is 4.79 Å². The van der Waals surface area contributed by atoms with Gasteiger partial charge in [0.1, 0.15) is 0 Å². The third-order valence-electron chi connectivity index (χ3n) is 2.30. The second-order valence-electron chi connectivity index (χ2n) is 3.37. The minimum atomic E-state index is 0.0235. The number of rotatable bonds is 4. The number of piperidine rings is 1. The Kier molecular flexibility index (Phi) is 4.73. The molecule has 1 unspecified atom stereocenters. The van der Waals surface area contributed by atoms with E-state index in [1.54, 1.807) is 0 Å². The first kappa shape index (κ1) is 11.0. The SMILES string of the molecule is O=C1C(Br)CCCN1CCCCO. The van der Waals surface area contributed by atoms with Gasteiger partial charge < -0.3 is 10.0 Å². The van der Waals surface area contributed by atoms with Crippen molar-refractivity contribution in [3.05, 3.63) is 0 Å². The van der Waals surface area contributed by atoms with E-state index in [1.807, 2.05) is 4.90 Å². The Hall–Kier alpha value is -0.0900. The number of unbranched alkanes of at least 4 members (excludes halogenated alkanes) is 1. The van der Waals surface area contributed by atoms with Crippen molar-refractivity contribution in [1.29, 1.82) is 0 Å². The van der Waals surface area contributed by atoms with Crippen LogP contribution >= 0.6 is 15.9 Å². The van der Waals surface area contributed by atoms with E-state index in [2.05, 4.69) is 15.9 Å². The zero-order chi connectivity index (χ0) is 9.68. The molecule has 0 aromatic heterocycles. The summed E-state index contributed by atoms with van der Waals surface area (Å²) in [6.45, 7) is 1.90. The number of amides is 1. The maximum absolute atomic E-state index is 11.5. The van der Waals surface area contributed by atoms with Gasteiger partial charge in [0.2, 0.25) is 5.91 Å². The third-order valence-corrected chi connectivity index (χ3v) is 3.15. The number of nitrogens with zero attached hydrogens (tertiary/aromatic N) is 1. The predicted molar refractivity (Wildman–Crippen MR) is 54.8 cm³/mol. The van der Waals surface area contributed by atoms with E-state index in [0.717, 1.165) is 38.8 Å². The van der Waals surface area contributed by atoms with E-state index in [1.165, 1.54) is 0 Å². The number of carbonyl (C=O) groups excluding carboxylic acids is 1. The zero-order valence-electron chi connectivity index (χ0n) is 7.71. The van der Waals surface area contributed by atoms with E-state index in [-0.39, 0.29) is 17.3 Å². The fourth-order valence-corrected chi connectivity index (χ4v) is 2.14. The maximum atomic E-state index is 11.5. The molecular formula is C9H16BrNO2. The van der Waals surface area contributed by atoms with E-state index >= 15 is 0 Å². The summed E-state index contributed by atoms with van der Waals surface area (Å²) in [4.78, 5) is 13.4. The fraction of sp³-hybridized carbons (Fsp3) is 0.889. The molecule has 1 atom stereocenters. The second kappa shape index (κ2) is 5.60. The van der Waals surface area contributed by atoms with Crippen LogP contribution < -0.4 is 0 Å². The molecular weight excluding hydrogens is 234 g/mol. The molecule has 0 aromatic carbocycles. The second-order valence-corrected chi connectivity index (χ2v) is 4.47. The fourth-order valence-electron chi connectivity index (χ4n) is 1.53. The van der Waals surface area contributed by atoms with Gasteiger partial charge >= 0.3 is 0 Å². The van der Waals surface area contributed by atoms with Crippen LogP contribution in [0.15, 0.2) is 0 Å². The highest BCUT2D eigenvalue weighted by Crippen LogP contribution is 2.18. The molecule has 1 rings (SSSR count). The van der Waals surface area contributed by atoms with Crippen LogP contribution in [-0.2, 0) is 4.79 Å². The van der Waals surface area contributed by atoms with Crippen molar-refractivity contribution in [1.82, 2.24) is 4.90 Å². The van der Waals surface area contributed by atoms with Gasteiger partial charge in [0.05, 0.1) is 4.83 Å². The molecule has 0 aliphatic carbocycles. The molecule has 1 N–H and O–H groups in total. The van der Waals surface area contributed by atoms with Gasteiger partial charge in [-0.25, -0.2) is 0 Å². The summed E-state index contributed by atoms with van der Waals surface area (Å²) in [7, 11) is 0. The van der Waals surface area contributed by atoms with Gasteiger partial charge in [-0.05, 0) is 25.7 Å². The lowest BCUT2D eigenvalue weighted by Crippen LogP contribution is -2.42. The van der Waals surface area contributed by atoms with Crippen molar-refractivity contribution >= 4 is 21.8 Å². The number of hydrogen-bond donors (Lipinski definition) is 1. The lowest BCUT2D eigenvalue weighted by atomic mass is 10.1. The Balaban J connectivity index is 2.27. The monoisotopic (exact) mass is 249 g/mol. The topological polar surface area (TPSA) is 40.5 Å². The summed E-state index contributed by atoms with van der Waals surface area (Å²) in [6, 6.07) is 0. The number of carbonyl (C=O) groups is 1. The molecule has 1 saturated heterocycles. The largest absolute Gasteiger partial charge is 0.396 e. The zero-order valence-corrected chi connectivity index (χ0v) is 9.29. The molecule has 1 fully saturated rings. The van der Waals surface area contributed by atoms with Crippen LogP contribution in [0, 0.1) is 0 Å². The van der Waals surface area contributed by atoms with Crippen molar-refractivity contribution in [2.75, 3.05) is 19.7 Å². The van der Waals surface area contributed by atoms with Crippen LogP contribution in [-0.4, -0.2) is 40.4 Å². The van der Waals surface area contributed by atoms with E-state index in [4.69, 9.17) is 5.11 Å². The van der Waals surface area contributed by atoms with Crippen LogP contribution in [0.1, 0.15) is 25.7 Å². The molecule has 0 bridgehead atoms. The molecule has 1 aliphatic heterocycles. The van der Waals surface area contributed by atoms with Gasteiger partial charge in [0.15, 0.2) is 0 Å². The van der Waals surface area contributed by atoms with Gasteiger partial charge in [0.25, 0.3) is 0 Å². The number of aliphatic hydroxyl groups excluding tert-OH is 1. The average molecular weight is 250 g/mol. The van der Waals surface area contributed by atoms with Crippen molar-refractivity contribution in [2.45, 2.75) is 30.5 Å². The molecule has 0 saturated carbocycles. The number of aliphatic hydroxyl groups is 1. The van der Waals surface area contributed by atoms with E-state index in [0.29, 0.717) is 0 Å². The first-order valence-electron chi connectivity index (χ1n) is 4.79. The van der Waals surface area contributed by atoms with Gasteiger partial charge in [-0.1, -0.05) is 15.9 Å². The molecule has 3 nitrogen and oxygen atoms in total. The van der Waals surface area contributed by atoms with Gasteiger partial charge in [-0.15, -0.1) is 0 Å². The Morgan fingerprint density at radius 3 is 3.00 bits per heavy atom. The lowest BCUT2D eigenvalue weighted by Gasteiger charge is -2.29. The lowest BCUT2D eigenvalue weighted by molar-refractivity contribution is -0.132. The van der Waals surface area contributed by atoms with E-state index < -0.39 is 0 Å². The number of alkyl halides is 1. The van der Waals surface area contributed by atoms with Gasteiger partial charge in [-0.2, -0.15) is 0 Å². The van der Waals surface area contributed by atoms with Crippen molar-refractivity contribution in [3.8, 4) is 0 Å². The number of hydrogen-bond acceptors (Lipinski definition) is 2. The Labute approximate surface area is 87.2 Å². The van der Waals surface area contributed by atoms with Crippen molar-refractivity contribution in [2.24, 2.45) is 0 Å². The summed E-state index contributed by atoms with van der Waals surface area (Å²) in [5.74, 6) is 0.212. The summed E-state index contributed by atoms with van der Waals surface area (Å²) in [6.07, 6.45) is 3.73. The minimum Gasteiger partial charge on any atom is -0.396 e. The standard InChI is InChI=1S/C9H16BrNO2/c10-8-4-3-6-11(9(8)13)5-1-2-7-12/h8,12H,1-7H2. The molecule has 0 aromatic rings. The quantitative estimate of drug-likeness (QED) is 0.600. The van der Waals surface area contributed by atoms with Crippen molar-refractivity contribution < 1.29 is 9.90 Å². The molecule has 76 valence electrons. The van der Waals surface area contributed by atoms with Gasteiger partial charge in [0, 0.05) is 19.7 Å². The molecule has 1 amide bonds. The Bertz CT molecular complexity index is 175. The highest BCUT2D eigenvalue weighted by atomic mass is 79.9. The Morgan fingerprint density at radius 1 is 1.54 bits per heavy atom. The molecule has 0 spiro atoms. The minimum absolute atomic E-state index is 0.0235.